The molecule has 1 aliphatic carbocycles. The van der Waals surface area contributed by atoms with Crippen molar-refractivity contribution in [1.29, 1.82) is 0 Å². The van der Waals surface area contributed by atoms with Crippen LogP contribution in [-0.4, -0.2) is 39.0 Å². The van der Waals surface area contributed by atoms with Crippen LogP contribution in [0.5, 0.6) is 0 Å². The van der Waals surface area contributed by atoms with E-state index in [0.717, 1.165) is 12.8 Å². The third-order valence-electron chi connectivity index (χ3n) is 3.22. The molecular weight excluding hydrogens is 272 g/mol. The van der Waals surface area contributed by atoms with Crippen LogP contribution < -0.4 is 10.6 Å². The van der Waals surface area contributed by atoms with E-state index in [9.17, 15) is 14.7 Å². The van der Waals surface area contributed by atoms with Crippen molar-refractivity contribution in [3.63, 3.8) is 0 Å². The zero-order chi connectivity index (χ0) is 15.6. The lowest BCUT2D eigenvalue weighted by atomic mass is 10.2. The van der Waals surface area contributed by atoms with Crippen molar-refractivity contribution in [3.8, 4) is 0 Å². The van der Waals surface area contributed by atoms with Crippen LogP contribution in [0.25, 0.3) is 0 Å². The average Bonchev–Trinajstić information content (AvgIpc) is 3.22. The number of nitrogens with zero attached hydrogens (tertiary/aromatic N) is 2. The van der Waals surface area contributed by atoms with Crippen LogP contribution in [0.2, 0.25) is 0 Å². The van der Waals surface area contributed by atoms with E-state index in [1.165, 1.54) is 6.20 Å². The number of aromatic carboxylic acids is 1. The molecular formula is C14H20N4O3. The summed E-state index contributed by atoms with van der Waals surface area (Å²) in [6.45, 7) is 5.46. The van der Waals surface area contributed by atoms with Crippen molar-refractivity contribution < 1.29 is 14.7 Å². The molecule has 0 radical (unpaired) electrons. The molecule has 114 valence electrons. The lowest BCUT2D eigenvalue weighted by molar-refractivity contribution is -0.121. The van der Waals surface area contributed by atoms with E-state index in [2.05, 4.69) is 20.6 Å². The number of rotatable bonds is 6. The fourth-order valence-corrected chi connectivity index (χ4v) is 1.79. The Kier molecular flexibility index (Phi) is 4.40. The fraction of sp³-hybridized carbons (Fsp3) is 0.571. The summed E-state index contributed by atoms with van der Waals surface area (Å²) in [6.07, 6.45) is 3.43. The highest BCUT2D eigenvalue weighted by molar-refractivity contribution is 5.93. The zero-order valence-electron chi connectivity index (χ0n) is 12.4. The second-order valence-electron chi connectivity index (χ2n) is 5.60. The van der Waals surface area contributed by atoms with Crippen molar-refractivity contribution in [1.82, 2.24) is 15.3 Å². The van der Waals surface area contributed by atoms with Gasteiger partial charge in [0.1, 0.15) is 11.9 Å². The van der Waals surface area contributed by atoms with Gasteiger partial charge in [-0.15, -0.1) is 0 Å². The maximum atomic E-state index is 11.9. The fourth-order valence-electron chi connectivity index (χ4n) is 1.79. The molecule has 7 heteroatoms. The Morgan fingerprint density at radius 2 is 2.00 bits per heavy atom. The van der Waals surface area contributed by atoms with Gasteiger partial charge in [0.2, 0.25) is 5.91 Å². The molecule has 0 spiro atoms. The van der Waals surface area contributed by atoms with Crippen molar-refractivity contribution in [3.05, 3.63) is 17.7 Å². The van der Waals surface area contributed by atoms with Crippen LogP contribution in [0.4, 0.5) is 5.69 Å². The quantitative estimate of drug-likeness (QED) is 0.731. The minimum atomic E-state index is -1.14. The third-order valence-corrected chi connectivity index (χ3v) is 3.22. The Morgan fingerprint density at radius 1 is 1.33 bits per heavy atom. The number of hydrogen-bond donors (Lipinski definition) is 3. The molecule has 1 aromatic heterocycles. The van der Waals surface area contributed by atoms with Gasteiger partial charge in [-0.2, -0.15) is 0 Å². The van der Waals surface area contributed by atoms with Crippen LogP contribution in [0.1, 0.15) is 55.8 Å². The number of anilines is 1. The summed E-state index contributed by atoms with van der Waals surface area (Å²) >= 11 is 0. The molecule has 1 atom stereocenters. The molecule has 1 unspecified atom stereocenters. The van der Waals surface area contributed by atoms with E-state index in [4.69, 9.17) is 0 Å². The molecule has 0 aliphatic heterocycles. The highest BCUT2D eigenvalue weighted by Crippen LogP contribution is 2.20. The summed E-state index contributed by atoms with van der Waals surface area (Å²) < 4.78 is 0. The summed E-state index contributed by atoms with van der Waals surface area (Å²) in [6, 6.07) is -0.280. The molecule has 0 aromatic carbocycles. The average molecular weight is 292 g/mol. The van der Waals surface area contributed by atoms with E-state index < -0.39 is 12.0 Å². The highest BCUT2D eigenvalue weighted by atomic mass is 16.4. The predicted octanol–water partition coefficient (Wildman–Crippen LogP) is 1.38. The number of carboxylic acid groups (broad SMARTS) is 1. The molecule has 1 amide bonds. The highest BCUT2D eigenvalue weighted by Gasteiger charge is 2.26. The van der Waals surface area contributed by atoms with E-state index >= 15 is 0 Å². The smallest absolute Gasteiger partial charge is 0.356 e. The van der Waals surface area contributed by atoms with Gasteiger partial charge in [0.15, 0.2) is 5.69 Å². The van der Waals surface area contributed by atoms with Gasteiger partial charge >= 0.3 is 5.97 Å². The topological polar surface area (TPSA) is 104 Å². The zero-order valence-corrected chi connectivity index (χ0v) is 12.4. The molecule has 21 heavy (non-hydrogen) atoms. The van der Waals surface area contributed by atoms with Gasteiger partial charge in [-0.25, -0.2) is 14.8 Å². The first-order chi connectivity index (χ1) is 9.88. The molecule has 7 nitrogen and oxygen atoms in total. The van der Waals surface area contributed by atoms with Gasteiger partial charge < -0.3 is 15.7 Å². The van der Waals surface area contributed by atoms with Crippen molar-refractivity contribution >= 4 is 17.6 Å². The summed E-state index contributed by atoms with van der Waals surface area (Å²) in [7, 11) is 0. The molecule has 1 heterocycles. The van der Waals surface area contributed by atoms with Crippen LogP contribution in [0.15, 0.2) is 6.20 Å². The van der Waals surface area contributed by atoms with Gasteiger partial charge in [-0.3, -0.25) is 4.79 Å². The van der Waals surface area contributed by atoms with Crippen molar-refractivity contribution in [2.24, 2.45) is 0 Å². The first-order valence-corrected chi connectivity index (χ1v) is 7.05. The second kappa shape index (κ2) is 6.07. The van der Waals surface area contributed by atoms with Gasteiger partial charge in [0.25, 0.3) is 0 Å². The van der Waals surface area contributed by atoms with E-state index in [-0.39, 0.29) is 29.2 Å². The van der Waals surface area contributed by atoms with Gasteiger partial charge in [0.05, 0.1) is 11.9 Å². The molecule has 2 rings (SSSR count). The summed E-state index contributed by atoms with van der Waals surface area (Å²) in [5.74, 6) is -0.792. The molecule has 0 bridgehead atoms. The van der Waals surface area contributed by atoms with E-state index in [1.54, 1.807) is 6.92 Å². The van der Waals surface area contributed by atoms with Gasteiger partial charge in [0, 0.05) is 12.0 Å². The summed E-state index contributed by atoms with van der Waals surface area (Å²) in [4.78, 5) is 31.4. The number of aromatic nitrogens is 2. The Bertz CT molecular complexity index is 555. The minimum Gasteiger partial charge on any atom is -0.476 e. The normalized spacial score (nSPS) is 15.6. The molecule has 3 N–H and O–H groups in total. The summed E-state index contributed by atoms with van der Waals surface area (Å²) in [5.41, 5.74) is 0.144. The van der Waals surface area contributed by atoms with Gasteiger partial charge in [-0.05, 0) is 19.8 Å². The monoisotopic (exact) mass is 292 g/mol. The Balaban J connectivity index is 2.14. The molecule has 1 saturated carbocycles. The molecule has 1 aliphatic rings. The van der Waals surface area contributed by atoms with Gasteiger partial charge in [-0.1, -0.05) is 13.8 Å². The lowest BCUT2D eigenvalue weighted by Crippen LogP contribution is -2.39. The van der Waals surface area contributed by atoms with Crippen LogP contribution in [0, 0.1) is 0 Å². The summed E-state index contributed by atoms with van der Waals surface area (Å²) in [5, 5.41) is 15.0. The maximum absolute atomic E-state index is 11.9. The molecule has 1 aromatic rings. The predicted molar refractivity (Wildman–Crippen MR) is 77.3 cm³/mol. The van der Waals surface area contributed by atoms with Crippen molar-refractivity contribution in [2.45, 2.75) is 51.6 Å². The SMILES string of the molecule is CC(Nc1cnc(C(C)C)nc1C(=O)O)C(=O)NC1CC1. The van der Waals surface area contributed by atoms with E-state index in [0.29, 0.717) is 5.82 Å². The lowest BCUT2D eigenvalue weighted by Gasteiger charge is -2.16. The number of carbonyl (C=O) groups is 2. The Labute approximate surface area is 123 Å². The van der Waals surface area contributed by atoms with Crippen LogP contribution in [-0.2, 0) is 4.79 Å². The third kappa shape index (κ3) is 3.90. The minimum absolute atomic E-state index is 0.0349. The largest absolute Gasteiger partial charge is 0.476 e. The maximum Gasteiger partial charge on any atom is 0.356 e. The first-order valence-electron chi connectivity index (χ1n) is 7.05. The van der Waals surface area contributed by atoms with E-state index in [1.807, 2.05) is 13.8 Å². The number of nitrogens with one attached hydrogen (secondary N) is 2. The molecule has 0 saturated heterocycles. The van der Waals surface area contributed by atoms with Crippen LogP contribution in [0.3, 0.4) is 0 Å². The Morgan fingerprint density at radius 3 is 2.52 bits per heavy atom. The number of hydrogen-bond acceptors (Lipinski definition) is 5. The number of amides is 1. The number of carboxylic acids is 1. The first kappa shape index (κ1) is 15.2. The molecule has 1 fully saturated rings. The Hall–Kier alpha value is -2.18. The van der Waals surface area contributed by atoms with Crippen LogP contribution >= 0.6 is 0 Å². The second-order valence-corrected chi connectivity index (χ2v) is 5.60. The van der Waals surface area contributed by atoms with Crippen molar-refractivity contribution in [2.75, 3.05) is 5.32 Å². The standard InChI is InChI=1S/C14H20N4O3/c1-7(2)12-15-6-10(11(18-12)14(20)21)16-8(3)13(19)17-9-4-5-9/h6-9,16H,4-5H2,1-3H3,(H,17,19)(H,20,21). The number of carbonyl (C=O) groups excluding carboxylic acids is 1.